The van der Waals surface area contributed by atoms with E-state index in [0.29, 0.717) is 19.4 Å². The minimum absolute atomic E-state index is 0.338. The summed E-state index contributed by atoms with van der Waals surface area (Å²) in [6, 6.07) is 0. The maximum absolute atomic E-state index is 11.8. The van der Waals surface area contributed by atoms with Gasteiger partial charge in [0, 0.05) is 0 Å². The van der Waals surface area contributed by atoms with Crippen molar-refractivity contribution in [2.75, 3.05) is 6.61 Å². The van der Waals surface area contributed by atoms with E-state index in [1.807, 2.05) is 6.92 Å². The summed E-state index contributed by atoms with van der Waals surface area (Å²) >= 11 is 0. The number of aliphatic carboxylic acids is 1. The van der Waals surface area contributed by atoms with Crippen LogP contribution in [0.4, 0.5) is 0 Å². The summed E-state index contributed by atoms with van der Waals surface area (Å²) in [5.41, 5.74) is -1.26. The van der Waals surface area contributed by atoms with Gasteiger partial charge in [-0.3, -0.25) is 9.59 Å². The molecule has 0 aromatic rings. The number of carbonyl (C=O) groups is 2. The number of carboxylic acid groups (broad SMARTS) is 1. The third kappa shape index (κ3) is 2.74. The van der Waals surface area contributed by atoms with Crippen molar-refractivity contribution in [1.29, 1.82) is 0 Å². The van der Waals surface area contributed by atoms with Gasteiger partial charge in [-0.15, -0.1) is 0 Å². The van der Waals surface area contributed by atoms with E-state index in [4.69, 9.17) is 4.74 Å². The highest BCUT2D eigenvalue weighted by Gasteiger charge is 2.48. The van der Waals surface area contributed by atoms with Gasteiger partial charge in [-0.25, -0.2) is 0 Å². The van der Waals surface area contributed by atoms with Gasteiger partial charge in [0.15, 0.2) is 5.41 Å². The van der Waals surface area contributed by atoms with Gasteiger partial charge in [0.1, 0.15) is 0 Å². The lowest BCUT2D eigenvalue weighted by molar-refractivity contribution is -0.171. The summed E-state index contributed by atoms with van der Waals surface area (Å²) in [7, 11) is 0. The smallest absolute Gasteiger partial charge is 0.323 e. The van der Waals surface area contributed by atoms with Crippen molar-refractivity contribution >= 4 is 11.9 Å². The lowest BCUT2D eigenvalue weighted by Crippen LogP contribution is -2.42. The predicted molar refractivity (Wildman–Crippen MR) is 59.0 cm³/mol. The molecule has 4 nitrogen and oxygen atoms in total. The molecule has 0 aromatic heterocycles. The van der Waals surface area contributed by atoms with E-state index in [-0.39, 0.29) is 0 Å². The molecule has 0 saturated heterocycles. The number of unbranched alkanes of at least 4 members (excludes halogenated alkanes) is 1. The molecule has 0 aromatic carbocycles. The van der Waals surface area contributed by atoms with Crippen LogP contribution in [0.1, 0.15) is 51.9 Å². The second-order valence-electron chi connectivity index (χ2n) is 4.44. The molecule has 4 heteroatoms. The molecule has 1 rings (SSSR count). The molecule has 92 valence electrons. The molecule has 1 aliphatic rings. The van der Waals surface area contributed by atoms with E-state index in [1.54, 1.807) is 0 Å². The minimum Gasteiger partial charge on any atom is -0.480 e. The zero-order valence-corrected chi connectivity index (χ0v) is 9.83. The molecule has 0 atom stereocenters. The Bertz CT molecular complexity index is 254. The Balaban J connectivity index is 2.61. The molecule has 1 saturated carbocycles. The SMILES string of the molecule is CCCCOC(=O)C1(C(=O)O)CCCCC1. The van der Waals surface area contributed by atoms with Crippen molar-refractivity contribution in [3.05, 3.63) is 0 Å². The van der Waals surface area contributed by atoms with Crippen LogP contribution < -0.4 is 0 Å². The fourth-order valence-electron chi connectivity index (χ4n) is 2.11. The van der Waals surface area contributed by atoms with Crippen LogP contribution >= 0.6 is 0 Å². The van der Waals surface area contributed by atoms with Gasteiger partial charge in [-0.2, -0.15) is 0 Å². The molecular formula is C12H20O4. The third-order valence-corrected chi connectivity index (χ3v) is 3.24. The standard InChI is InChI=1S/C12H20O4/c1-2-3-9-16-11(15)12(10(13)14)7-5-4-6-8-12/h2-9H2,1H3,(H,13,14). The number of hydrogen-bond donors (Lipinski definition) is 1. The summed E-state index contributed by atoms with van der Waals surface area (Å²) in [6.07, 6.45) is 5.19. The maximum atomic E-state index is 11.8. The third-order valence-electron chi connectivity index (χ3n) is 3.24. The fraction of sp³-hybridized carbons (Fsp3) is 0.833. The van der Waals surface area contributed by atoms with Crippen molar-refractivity contribution in [2.24, 2.45) is 5.41 Å². The summed E-state index contributed by atoms with van der Waals surface area (Å²) in [4.78, 5) is 23.1. The van der Waals surface area contributed by atoms with E-state index >= 15 is 0 Å². The molecular weight excluding hydrogens is 208 g/mol. The molecule has 0 aliphatic heterocycles. The fourth-order valence-corrected chi connectivity index (χ4v) is 2.11. The molecule has 16 heavy (non-hydrogen) atoms. The van der Waals surface area contributed by atoms with Crippen molar-refractivity contribution in [1.82, 2.24) is 0 Å². The van der Waals surface area contributed by atoms with Gasteiger partial charge in [-0.1, -0.05) is 32.6 Å². The number of rotatable bonds is 5. The molecule has 0 unspecified atom stereocenters. The predicted octanol–water partition coefficient (Wildman–Crippen LogP) is 2.36. The van der Waals surface area contributed by atoms with Crippen LogP contribution in [0.3, 0.4) is 0 Å². The molecule has 0 radical (unpaired) electrons. The van der Waals surface area contributed by atoms with Crippen LogP contribution in [-0.2, 0) is 14.3 Å². The molecule has 1 N–H and O–H groups in total. The van der Waals surface area contributed by atoms with Crippen molar-refractivity contribution in [3.8, 4) is 0 Å². The molecule has 0 amide bonds. The van der Waals surface area contributed by atoms with E-state index in [2.05, 4.69) is 0 Å². The first kappa shape index (κ1) is 13.0. The summed E-state index contributed by atoms with van der Waals surface area (Å²) in [5.74, 6) is -1.55. The van der Waals surface area contributed by atoms with E-state index < -0.39 is 17.4 Å². The Labute approximate surface area is 96.0 Å². The van der Waals surface area contributed by atoms with Gasteiger partial charge in [0.05, 0.1) is 6.61 Å². The van der Waals surface area contributed by atoms with Gasteiger partial charge in [-0.05, 0) is 19.3 Å². The highest BCUT2D eigenvalue weighted by atomic mass is 16.5. The topological polar surface area (TPSA) is 63.6 Å². The van der Waals surface area contributed by atoms with Gasteiger partial charge in [0.2, 0.25) is 0 Å². The van der Waals surface area contributed by atoms with E-state index in [1.165, 1.54) is 0 Å². The normalized spacial score (nSPS) is 19.1. The second-order valence-corrected chi connectivity index (χ2v) is 4.44. The first-order valence-corrected chi connectivity index (χ1v) is 6.04. The summed E-state index contributed by atoms with van der Waals surface area (Å²) < 4.78 is 5.07. The van der Waals surface area contributed by atoms with Crippen molar-refractivity contribution in [3.63, 3.8) is 0 Å². The monoisotopic (exact) mass is 228 g/mol. The Morgan fingerprint density at radius 3 is 2.38 bits per heavy atom. The molecule has 1 fully saturated rings. The molecule has 1 aliphatic carbocycles. The average Bonchev–Trinajstić information content (AvgIpc) is 2.30. The number of ether oxygens (including phenoxy) is 1. The molecule has 0 bridgehead atoms. The summed E-state index contributed by atoms with van der Waals surface area (Å²) in [5, 5.41) is 9.21. The van der Waals surface area contributed by atoms with Crippen LogP contribution in [0.25, 0.3) is 0 Å². The first-order chi connectivity index (χ1) is 7.63. The van der Waals surface area contributed by atoms with Crippen LogP contribution in [0, 0.1) is 5.41 Å². The highest BCUT2D eigenvalue weighted by molar-refractivity contribution is 5.99. The molecule has 0 heterocycles. The Morgan fingerprint density at radius 2 is 1.88 bits per heavy atom. The summed E-state index contributed by atoms with van der Waals surface area (Å²) in [6.45, 7) is 2.34. The molecule has 0 spiro atoms. The number of hydrogen-bond acceptors (Lipinski definition) is 3. The highest BCUT2D eigenvalue weighted by Crippen LogP contribution is 2.37. The number of esters is 1. The number of carbonyl (C=O) groups excluding carboxylic acids is 1. The Morgan fingerprint density at radius 1 is 1.25 bits per heavy atom. The minimum atomic E-state index is -1.26. The van der Waals surface area contributed by atoms with Gasteiger partial charge in [0.25, 0.3) is 0 Å². The van der Waals surface area contributed by atoms with Crippen molar-refractivity contribution < 1.29 is 19.4 Å². The van der Waals surface area contributed by atoms with Crippen LogP contribution in [-0.4, -0.2) is 23.7 Å². The largest absolute Gasteiger partial charge is 0.480 e. The second kappa shape index (κ2) is 5.87. The maximum Gasteiger partial charge on any atom is 0.323 e. The Kier molecular flexibility index (Phi) is 4.77. The van der Waals surface area contributed by atoms with Crippen molar-refractivity contribution in [2.45, 2.75) is 51.9 Å². The van der Waals surface area contributed by atoms with Crippen LogP contribution in [0.5, 0.6) is 0 Å². The first-order valence-electron chi connectivity index (χ1n) is 6.04. The van der Waals surface area contributed by atoms with E-state index in [0.717, 1.165) is 32.1 Å². The Hall–Kier alpha value is -1.06. The quantitative estimate of drug-likeness (QED) is 0.445. The lowest BCUT2D eigenvalue weighted by Gasteiger charge is -2.30. The van der Waals surface area contributed by atoms with Gasteiger partial charge >= 0.3 is 11.9 Å². The zero-order chi connectivity index (χ0) is 12.0. The zero-order valence-electron chi connectivity index (χ0n) is 9.83. The lowest BCUT2D eigenvalue weighted by atomic mass is 9.74. The average molecular weight is 228 g/mol. The number of carboxylic acids is 1. The van der Waals surface area contributed by atoms with Crippen LogP contribution in [0.2, 0.25) is 0 Å². The van der Waals surface area contributed by atoms with E-state index in [9.17, 15) is 14.7 Å². The van der Waals surface area contributed by atoms with Gasteiger partial charge < -0.3 is 9.84 Å². The van der Waals surface area contributed by atoms with Crippen LogP contribution in [0.15, 0.2) is 0 Å².